The third-order valence-corrected chi connectivity index (χ3v) is 4.30. The van der Waals surface area contributed by atoms with Crippen LogP contribution < -0.4 is 5.32 Å². The molecule has 0 aromatic heterocycles. The predicted octanol–water partition coefficient (Wildman–Crippen LogP) is 1.57. The first-order chi connectivity index (χ1) is 8.62. The summed E-state index contributed by atoms with van der Waals surface area (Å²) < 4.78 is 4.90. The summed E-state index contributed by atoms with van der Waals surface area (Å²) in [6.45, 7) is 2.20. The number of hydrogen-bond acceptors (Lipinski definition) is 5. The second kappa shape index (κ2) is 8.02. The van der Waals surface area contributed by atoms with Gasteiger partial charge in [0, 0.05) is 12.6 Å². The predicted molar refractivity (Wildman–Crippen MR) is 74.8 cm³/mol. The van der Waals surface area contributed by atoms with E-state index in [2.05, 4.69) is 5.32 Å². The normalized spacial score (nSPS) is 18.4. The van der Waals surface area contributed by atoms with E-state index in [9.17, 15) is 4.79 Å². The number of carbonyl (C=O) groups excluding carboxylic acids is 1. The fraction of sp³-hybridized carbons (Fsp3) is 0.923. The van der Waals surface area contributed by atoms with Gasteiger partial charge in [-0.15, -0.1) is 0 Å². The molecule has 5 heteroatoms. The highest BCUT2D eigenvalue weighted by Crippen LogP contribution is 2.26. The van der Waals surface area contributed by atoms with Crippen LogP contribution in [0.5, 0.6) is 0 Å². The SMILES string of the molecule is COC(=O)C(C)(CCCSCCCO)NC1CC1. The second-order valence-electron chi connectivity index (χ2n) is 5.04. The van der Waals surface area contributed by atoms with Gasteiger partial charge in [0.1, 0.15) is 5.54 Å². The molecule has 0 amide bonds. The number of carbonyl (C=O) groups is 1. The number of rotatable bonds is 10. The minimum absolute atomic E-state index is 0.158. The van der Waals surface area contributed by atoms with Gasteiger partial charge in [0.2, 0.25) is 0 Å². The van der Waals surface area contributed by atoms with Crippen LogP contribution in [0.2, 0.25) is 0 Å². The van der Waals surface area contributed by atoms with Crippen LogP contribution in [-0.2, 0) is 9.53 Å². The molecule has 1 aliphatic rings. The maximum absolute atomic E-state index is 11.8. The molecule has 0 aliphatic heterocycles. The van der Waals surface area contributed by atoms with Gasteiger partial charge in [-0.25, -0.2) is 0 Å². The number of aliphatic hydroxyl groups is 1. The van der Waals surface area contributed by atoms with Crippen LogP contribution in [0.4, 0.5) is 0 Å². The lowest BCUT2D eigenvalue weighted by molar-refractivity contribution is -0.148. The molecule has 0 aromatic rings. The Labute approximate surface area is 114 Å². The van der Waals surface area contributed by atoms with Crippen molar-refractivity contribution in [1.29, 1.82) is 0 Å². The van der Waals surface area contributed by atoms with Crippen LogP contribution in [0, 0.1) is 0 Å². The molecule has 1 saturated carbocycles. The van der Waals surface area contributed by atoms with Crippen molar-refractivity contribution in [2.75, 3.05) is 25.2 Å². The Morgan fingerprint density at radius 3 is 2.67 bits per heavy atom. The van der Waals surface area contributed by atoms with E-state index in [0.717, 1.165) is 43.6 Å². The Morgan fingerprint density at radius 1 is 1.44 bits per heavy atom. The van der Waals surface area contributed by atoms with E-state index in [1.54, 1.807) is 0 Å². The molecule has 18 heavy (non-hydrogen) atoms. The van der Waals surface area contributed by atoms with Crippen molar-refractivity contribution >= 4 is 17.7 Å². The topological polar surface area (TPSA) is 58.6 Å². The van der Waals surface area contributed by atoms with Crippen molar-refractivity contribution in [1.82, 2.24) is 5.32 Å². The van der Waals surface area contributed by atoms with Crippen molar-refractivity contribution in [3.63, 3.8) is 0 Å². The van der Waals surface area contributed by atoms with Crippen LogP contribution in [0.1, 0.15) is 39.0 Å². The summed E-state index contributed by atoms with van der Waals surface area (Å²) >= 11 is 1.83. The fourth-order valence-corrected chi connectivity index (χ4v) is 2.82. The molecule has 1 rings (SSSR count). The van der Waals surface area contributed by atoms with Gasteiger partial charge in [0.25, 0.3) is 0 Å². The molecular weight excluding hydrogens is 250 g/mol. The summed E-state index contributed by atoms with van der Waals surface area (Å²) in [6, 6.07) is 0.496. The Kier molecular flexibility index (Phi) is 7.04. The van der Waals surface area contributed by atoms with E-state index in [1.165, 1.54) is 7.11 Å². The van der Waals surface area contributed by atoms with Crippen molar-refractivity contribution < 1.29 is 14.6 Å². The molecule has 0 spiro atoms. The second-order valence-corrected chi connectivity index (χ2v) is 6.26. The zero-order valence-corrected chi connectivity index (χ0v) is 12.2. The first kappa shape index (κ1) is 15.8. The summed E-state index contributed by atoms with van der Waals surface area (Å²) in [7, 11) is 1.45. The maximum atomic E-state index is 11.8. The molecule has 1 aliphatic carbocycles. The van der Waals surface area contributed by atoms with E-state index < -0.39 is 5.54 Å². The standard InChI is InChI=1S/C13H25NO3S/c1-13(12(16)17-2,14-11-5-6-11)7-3-9-18-10-4-8-15/h11,14-15H,3-10H2,1-2H3. The van der Waals surface area contributed by atoms with Gasteiger partial charge in [-0.2, -0.15) is 11.8 Å². The summed E-state index contributed by atoms with van der Waals surface area (Å²) in [6.07, 6.45) is 4.97. The van der Waals surface area contributed by atoms with E-state index in [0.29, 0.717) is 6.04 Å². The number of hydrogen-bond donors (Lipinski definition) is 2. The average Bonchev–Trinajstić information content (AvgIpc) is 3.16. The molecule has 0 aromatic carbocycles. The number of esters is 1. The number of nitrogens with one attached hydrogen (secondary N) is 1. The lowest BCUT2D eigenvalue weighted by atomic mass is 9.96. The molecule has 4 nitrogen and oxygen atoms in total. The van der Waals surface area contributed by atoms with Gasteiger partial charge in [-0.1, -0.05) is 0 Å². The number of ether oxygens (including phenoxy) is 1. The zero-order chi connectivity index (χ0) is 13.4. The Balaban J connectivity index is 2.25. The molecule has 0 heterocycles. The van der Waals surface area contributed by atoms with Crippen molar-refractivity contribution in [2.24, 2.45) is 0 Å². The van der Waals surface area contributed by atoms with E-state index >= 15 is 0 Å². The Morgan fingerprint density at radius 2 is 2.11 bits per heavy atom. The minimum Gasteiger partial charge on any atom is -0.468 e. The van der Waals surface area contributed by atoms with Gasteiger partial charge in [-0.05, 0) is 50.5 Å². The van der Waals surface area contributed by atoms with Gasteiger partial charge < -0.3 is 9.84 Å². The molecule has 106 valence electrons. The quantitative estimate of drug-likeness (QED) is 0.468. The van der Waals surface area contributed by atoms with E-state index in [1.807, 2.05) is 18.7 Å². The molecule has 1 unspecified atom stereocenters. The van der Waals surface area contributed by atoms with Crippen molar-refractivity contribution in [2.45, 2.75) is 50.6 Å². The largest absolute Gasteiger partial charge is 0.468 e. The first-order valence-corrected chi connectivity index (χ1v) is 7.82. The molecular formula is C13H25NO3S. The smallest absolute Gasteiger partial charge is 0.325 e. The number of aliphatic hydroxyl groups excluding tert-OH is 1. The lowest BCUT2D eigenvalue weighted by Gasteiger charge is -2.28. The summed E-state index contributed by atoms with van der Waals surface area (Å²) in [5.41, 5.74) is -0.534. The van der Waals surface area contributed by atoms with Crippen LogP contribution in [0.15, 0.2) is 0 Å². The van der Waals surface area contributed by atoms with Gasteiger partial charge >= 0.3 is 5.97 Å². The highest BCUT2D eigenvalue weighted by Gasteiger charge is 2.38. The van der Waals surface area contributed by atoms with Crippen LogP contribution >= 0.6 is 11.8 Å². The fourth-order valence-electron chi connectivity index (χ4n) is 1.93. The van der Waals surface area contributed by atoms with Crippen LogP contribution in [0.25, 0.3) is 0 Å². The third-order valence-electron chi connectivity index (χ3n) is 3.15. The average molecular weight is 275 g/mol. The summed E-state index contributed by atoms with van der Waals surface area (Å²) in [5, 5.41) is 12.1. The Hall–Kier alpha value is -0.260. The van der Waals surface area contributed by atoms with E-state index in [-0.39, 0.29) is 12.6 Å². The molecule has 2 N–H and O–H groups in total. The Bertz CT molecular complexity index is 259. The lowest BCUT2D eigenvalue weighted by Crippen LogP contribution is -2.51. The highest BCUT2D eigenvalue weighted by molar-refractivity contribution is 7.99. The number of methoxy groups -OCH3 is 1. The van der Waals surface area contributed by atoms with Crippen LogP contribution in [-0.4, -0.2) is 47.9 Å². The van der Waals surface area contributed by atoms with Crippen molar-refractivity contribution in [3.8, 4) is 0 Å². The third kappa shape index (κ3) is 5.59. The monoisotopic (exact) mass is 275 g/mol. The van der Waals surface area contributed by atoms with Crippen LogP contribution in [0.3, 0.4) is 0 Å². The molecule has 0 radical (unpaired) electrons. The van der Waals surface area contributed by atoms with Crippen molar-refractivity contribution in [3.05, 3.63) is 0 Å². The number of thioether (sulfide) groups is 1. The molecule has 0 saturated heterocycles. The molecule has 0 bridgehead atoms. The minimum atomic E-state index is -0.534. The maximum Gasteiger partial charge on any atom is 0.325 e. The first-order valence-electron chi connectivity index (χ1n) is 6.67. The van der Waals surface area contributed by atoms with Gasteiger partial charge in [0.05, 0.1) is 7.11 Å². The van der Waals surface area contributed by atoms with Gasteiger partial charge in [-0.3, -0.25) is 10.1 Å². The van der Waals surface area contributed by atoms with Gasteiger partial charge in [0.15, 0.2) is 0 Å². The zero-order valence-electron chi connectivity index (χ0n) is 11.4. The highest BCUT2D eigenvalue weighted by atomic mass is 32.2. The molecule has 1 atom stereocenters. The molecule has 1 fully saturated rings. The summed E-state index contributed by atoms with van der Waals surface area (Å²) in [5.74, 6) is 1.86. The van der Waals surface area contributed by atoms with E-state index in [4.69, 9.17) is 9.84 Å². The summed E-state index contributed by atoms with van der Waals surface area (Å²) in [4.78, 5) is 11.8.